The van der Waals surface area contributed by atoms with E-state index in [1.807, 2.05) is 6.92 Å². The van der Waals surface area contributed by atoms with E-state index in [-0.39, 0.29) is 11.0 Å². The fraction of sp³-hybridized carbons (Fsp3) is 0.900. The van der Waals surface area contributed by atoms with Gasteiger partial charge in [-0.1, -0.05) is 25.6 Å². The first-order chi connectivity index (χ1) is 7.41. The summed E-state index contributed by atoms with van der Waals surface area (Å²) in [4.78, 5) is 0.0836. The van der Waals surface area contributed by atoms with Crippen molar-refractivity contribution in [3.63, 3.8) is 0 Å². The second-order valence-electron chi connectivity index (χ2n) is 4.30. The monoisotopic (exact) mass is 264 g/mol. The van der Waals surface area contributed by atoms with Crippen LogP contribution in [0.1, 0.15) is 39.5 Å². The molecule has 1 aliphatic heterocycles. The summed E-state index contributed by atoms with van der Waals surface area (Å²) in [5, 5.41) is -0.706. The molecule has 94 valence electrons. The standard InChI is InChI=1S/C10H20N2O2S2/c1-3-9(10(11)15)16(13,14)12-7-5-4-6-8(12)2/h8-9H,3-7H2,1-2H3,(H2,11,15). The average molecular weight is 264 g/mol. The van der Waals surface area contributed by atoms with E-state index < -0.39 is 15.3 Å². The first kappa shape index (κ1) is 13.9. The zero-order chi connectivity index (χ0) is 12.3. The van der Waals surface area contributed by atoms with Crippen molar-refractivity contribution in [3.8, 4) is 0 Å². The van der Waals surface area contributed by atoms with Gasteiger partial charge in [-0.3, -0.25) is 0 Å². The molecule has 0 bridgehead atoms. The van der Waals surface area contributed by atoms with Crippen molar-refractivity contribution < 1.29 is 8.42 Å². The molecule has 1 rings (SSSR count). The molecule has 2 N–H and O–H groups in total. The zero-order valence-electron chi connectivity index (χ0n) is 9.85. The summed E-state index contributed by atoms with van der Waals surface area (Å²) in [6.07, 6.45) is 3.39. The van der Waals surface area contributed by atoms with Gasteiger partial charge >= 0.3 is 0 Å². The number of thiocarbonyl (C=S) groups is 1. The summed E-state index contributed by atoms with van der Waals surface area (Å²) >= 11 is 4.84. The highest BCUT2D eigenvalue weighted by molar-refractivity contribution is 7.92. The lowest BCUT2D eigenvalue weighted by Crippen LogP contribution is -2.49. The third kappa shape index (κ3) is 2.73. The maximum atomic E-state index is 12.3. The van der Waals surface area contributed by atoms with E-state index in [2.05, 4.69) is 0 Å². The molecule has 2 atom stereocenters. The van der Waals surface area contributed by atoms with Gasteiger partial charge in [0.25, 0.3) is 0 Å². The smallest absolute Gasteiger partial charge is 0.223 e. The second-order valence-corrected chi connectivity index (χ2v) is 6.84. The van der Waals surface area contributed by atoms with Crippen LogP contribution in [0.5, 0.6) is 0 Å². The van der Waals surface area contributed by atoms with Crippen molar-refractivity contribution in [2.45, 2.75) is 50.8 Å². The fourth-order valence-electron chi connectivity index (χ4n) is 2.17. The molecule has 2 unspecified atom stereocenters. The van der Waals surface area contributed by atoms with E-state index in [0.29, 0.717) is 13.0 Å². The summed E-state index contributed by atoms with van der Waals surface area (Å²) in [5.74, 6) is 0. The number of nitrogens with two attached hydrogens (primary N) is 1. The SMILES string of the molecule is CCC(C(N)=S)S(=O)(=O)N1CCCCC1C. The third-order valence-corrected chi connectivity index (χ3v) is 6.05. The molecule has 16 heavy (non-hydrogen) atoms. The van der Waals surface area contributed by atoms with Crippen LogP contribution in [0.25, 0.3) is 0 Å². The molecule has 0 saturated carbocycles. The lowest BCUT2D eigenvalue weighted by molar-refractivity contribution is 0.267. The Morgan fingerprint density at radius 1 is 1.56 bits per heavy atom. The minimum Gasteiger partial charge on any atom is -0.392 e. The highest BCUT2D eigenvalue weighted by atomic mass is 32.2. The Hall–Kier alpha value is -0.200. The molecular weight excluding hydrogens is 244 g/mol. The van der Waals surface area contributed by atoms with Crippen molar-refractivity contribution >= 4 is 27.2 Å². The van der Waals surface area contributed by atoms with Crippen LogP contribution in [0.3, 0.4) is 0 Å². The van der Waals surface area contributed by atoms with Crippen LogP contribution in [-0.4, -0.2) is 35.5 Å². The van der Waals surface area contributed by atoms with Gasteiger partial charge in [-0.15, -0.1) is 0 Å². The normalized spacial score (nSPS) is 25.2. The summed E-state index contributed by atoms with van der Waals surface area (Å²) < 4.78 is 26.2. The fourth-order valence-corrected chi connectivity index (χ4v) is 4.74. The number of rotatable bonds is 4. The molecule has 4 nitrogen and oxygen atoms in total. The van der Waals surface area contributed by atoms with Gasteiger partial charge in [-0.2, -0.15) is 4.31 Å². The topological polar surface area (TPSA) is 63.4 Å². The van der Waals surface area contributed by atoms with Gasteiger partial charge in [0.1, 0.15) is 5.25 Å². The first-order valence-corrected chi connectivity index (χ1v) is 7.62. The van der Waals surface area contributed by atoms with Crippen molar-refractivity contribution in [2.75, 3.05) is 6.54 Å². The quantitative estimate of drug-likeness (QED) is 0.776. The minimum absolute atomic E-state index is 0.0714. The highest BCUT2D eigenvalue weighted by Crippen LogP contribution is 2.23. The zero-order valence-corrected chi connectivity index (χ0v) is 11.5. The summed E-state index contributed by atoms with van der Waals surface area (Å²) in [5.41, 5.74) is 5.51. The number of hydrogen-bond donors (Lipinski definition) is 1. The molecule has 0 aromatic rings. The van der Waals surface area contributed by atoms with Gasteiger partial charge in [0.05, 0.1) is 4.99 Å². The number of nitrogens with zero attached hydrogens (tertiary/aromatic N) is 1. The van der Waals surface area contributed by atoms with Gasteiger partial charge in [-0.05, 0) is 26.2 Å². The van der Waals surface area contributed by atoms with Crippen molar-refractivity contribution in [3.05, 3.63) is 0 Å². The predicted molar refractivity (Wildman–Crippen MR) is 69.8 cm³/mol. The maximum Gasteiger partial charge on any atom is 0.223 e. The van der Waals surface area contributed by atoms with Gasteiger partial charge in [0.2, 0.25) is 10.0 Å². The van der Waals surface area contributed by atoms with Crippen LogP contribution in [0.2, 0.25) is 0 Å². The van der Waals surface area contributed by atoms with E-state index in [4.69, 9.17) is 18.0 Å². The molecule has 0 spiro atoms. The lowest BCUT2D eigenvalue weighted by Gasteiger charge is -2.34. The van der Waals surface area contributed by atoms with Crippen LogP contribution in [0.4, 0.5) is 0 Å². The Labute approximate surface area is 103 Å². The third-order valence-electron chi connectivity index (χ3n) is 3.12. The minimum atomic E-state index is -3.36. The van der Waals surface area contributed by atoms with E-state index >= 15 is 0 Å². The van der Waals surface area contributed by atoms with Gasteiger partial charge in [-0.25, -0.2) is 8.42 Å². The van der Waals surface area contributed by atoms with Gasteiger partial charge in [0, 0.05) is 12.6 Å². The Bertz CT molecular complexity index is 354. The number of hydrogen-bond acceptors (Lipinski definition) is 3. The van der Waals surface area contributed by atoms with Crippen LogP contribution in [-0.2, 0) is 10.0 Å². The Morgan fingerprint density at radius 3 is 2.62 bits per heavy atom. The maximum absolute atomic E-state index is 12.3. The number of piperidine rings is 1. The molecule has 0 aromatic carbocycles. The van der Waals surface area contributed by atoms with Crippen LogP contribution in [0, 0.1) is 0 Å². The summed E-state index contributed by atoms with van der Waals surface area (Å²) in [6, 6.07) is 0.0714. The van der Waals surface area contributed by atoms with E-state index in [9.17, 15) is 8.42 Å². The van der Waals surface area contributed by atoms with Gasteiger partial charge in [0.15, 0.2) is 0 Å². The largest absolute Gasteiger partial charge is 0.392 e. The Kier molecular flexibility index (Phi) is 4.70. The summed E-state index contributed by atoms with van der Waals surface area (Å²) in [6.45, 7) is 4.35. The molecule has 6 heteroatoms. The molecule has 1 saturated heterocycles. The van der Waals surface area contributed by atoms with Crippen LogP contribution >= 0.6 is 12.2 Å². The average Bonchev–Trinajstić information content (AvgIpc) is 2.17. The Balaban J connectivity index is 2.94. The van der Waals surface area contributed by atoms with E-state index in [1.54, 1.807) is 11.2 Å². The van der Waals surface area contributed by atoms with Crippen molar-refractivity contribution in [2.24, 2.45) is 5.73 Å². The van der Waals surface area contributed by atoms with E-state index in [0.717, 1.165) is 19.3 Å². The molecule has 0 aromatic heterocycles. The second kappa shape index (κ2) is 5.42. The van der Waals surface area contributed by atoms with Crippen molar-refractivity contribution in [1.82, 2.24) is 4.31 Å². The van der Waals surface area contributed by atoms with Crippen LogP contribution < -0.4 is 5.73 Å². The predicted octanol–water partition coefficient (Wildman–Crippen LogP) is 1.26. The van der Waals surface area contributed by atoms with Gasteiger partial charge < -0.3 is 5.73 Å². The molecule has 1 fully saturated rings. The molecule has 1 heterocycles. The molecule has 0 radical (unpaired) electrons. The highest BCUT2D eigenvalue weighted by Gasteiger charge is 2.36. The lowest BCUT2D eigenvalue weighted by atomic mass is 10.1. The first-order valence-electron chi connectivity index (χ1n) is 5.71. The molecule has 0 aliphatic carbocycles. The molecule has 0 amide bonds. The van der Waals surface area contributed by atoms with Crippen molar-refractivity contribution in [1.29, 1.82) is 0 Å². The Morgan fingerprint density at radius 2 is 2.19 bits per heavy atom. The number of sulfonamides is 1. The van der Waals surface area contributed by atoms with E-state index in [1.165, 1.54) is 0 Å². The molecule has 1 aliphatic rings. The van der Waals surface area contributed by atoms with Crippen LogP contribution in [0.15, 0.2) is 0 Å². The summed E-state index contributed by atoms with van der Waals surface area (Å²) in [7, 11) is -3.36. The molecular formula is C10H20N2O2S2.